The van der Waals surface area contributed by atoms with Gasteiger partial charge in [-0.25, -0.2) is 0 Å². The second-order valence-electron chi connectivity index (χ2n) is 2.49. The summed E-state index contributed by atoms with van der Waals surface area (Å²) >= 11 is 0. The first kappa shape index (κ1) is 11.8. The number of hydrogen-bond donors (Lipinski definition) is 0. The third-order valence-corrected chi connectivity index (χ3v) is 2.43. The van der Waals surface area contributed by atoms with Crippen LogP contribution in [0.25, 0.3) is 0 Å². The van der Waals surface area contributed by atoms with Crippen LogP contribution in [0, 0.1) is 11.3 Å². The van der Waals surface area contributed by atoms with Crippen molar-refractivity contribution in [2.24, 2.45) is 0 Å². The van der Waals surface area contributed by atoms with Crippen LogP contribution in [0.15, 0.2) is 11.3 Å². The van der Waals surface area contributed by atoms with Crippen LogP contribution in [0.4, 0.5) is 13.2 Å². The molecule has 0 amide bonds. The van der Waals surface area contributed by atoms with Crippen LogP contribution in [-0.2, 0) is 19.0 Å². The van der Waals surface area contributed by atoms with Crippen LogP contribution >= 0.6 is 0 Å². The molecule has 1 aliphatic heterocycles. The summed E-state index contributed by atoms with van der Waals surface area (Å²) in [5.74, 6) is -0.616. The molecule has 15 heavy (non-hydrogen) atoms. The Morgan fingerprint density at radius 3 is 2.47 bits per heavy atom. The van der Waals surface area contributed by atoms with Gasteiger partial charge in [0.1, 0.15) is 12.7 Å². The maximum absolute atomic E-state index is 11.9. The van der Waals surface area contributed by atoms with Gasteiger partial charge in [-0.15, -0.1) is 0 Å². The molecule has 0 N–H and O–H groups in total. The van der Waals surface area contributed by atoms with Crippen molar-refractivity contribution < 1.29 is 30.5 Å². The molecule has 0 bridgehead atoms. The Morgan fingerprint density at radius 1 is 1.40 bits per heavy atom. The molecular weight excluding hydrogens is 239 g/mol. The molecule has 0 aromatic rings. The molecule has 0 atom stereocenters. The molecule has 84 valence electrons. The molecule has 0 saturated carbocycles. The van der Waals surface area contributed by atoms with Crippen molar-refractivity contribution in [3.8, 4) is 6.07 Å². The van der Waals surface area contributed by atoms with E-state index in [4.69, 9.17) is 5.26 Å². The lowest BCUT2D eigenvalue weighted by Gasteiger charge is -2.09. The van der Waals surface area contributed by atoms with Crippen molar-refractivity contribution in [1.29, 1.82) is 5.26 Å². The summed E-state index contributed by atoms with van der Waals surface area (Å²) in [7, 11) is -5.71. The lowest BCUT2D eigenvalue weighted by atomic mass is 10.3. The molecule has 0 aliphatic carbocycles. The molecule has 0 unspecified atom stereocenters. The smallest absolute Gasteiger partial charge is 0.377 e. The number of halogens is 3. The Morgan fingerprint density at radius 2 is 2.00 bits per heavy atom. The van der Waals surface area contributed by atoms with Gasteiger partial charge in [0.2, 0.25) is 0 Å². The van der Waals surface area contributed by atoms with Gasteiger partial charge in [-0.1, -0.05) is 0 Å². The molecule has 0 radical (unpaired) electrons. The zero-order valence-corrected chi connectivity index (χ0v) is 7.85. The summed E-state index contributed by atoms with van der Waals surface area (Å²) < 4.78 is 64.9. The van der Waals surface area contributed by atoms with E-state index in [1.54, 1.807) is 0 Å². The van der Waals surface area contributed by atoms with Gasteiger partial charge >= 0.3 is 15.6 Å². The molecule has 0 saturated heterocycles. The average molecular weight is 243 g/mol. The van der Waals surface area contributed by atoms with Gasteiger partial charge in [-0.3, -0.25) is 0 Å². The van der Waals surface area contributed by atoms with E-state index in [1.807, 2.05) is 0 Å². The lowest BCUT2D eigenvalue weighted by Crippen LogP contribution is -2.25. The fourth-order valence-electron chi connectivity index (χ4n) is 0.762. The third kappa shape index (κ3) is 2.40. The second-order valence-corrected chi connectivity index (χ2v) is 4.03. The van der Waals surface area contributed by atoms with Crippen molar-refractivity contribution in [3.63, 3.8) is 0 Å². The summed E-state index contributed by atoms with van der Waals surface area (Å²) in [5, 5.41) is 8.39. The maximum atomic E-state index is 11.9. The monoisotopic (exact) mass is 243 g/mol. The zero-order valence-electron chi connectivity index (χ0n) is 7.04. The first-order chi connectivity index (χ1) is 6.78. The molecule has 5 nitrogen and oxygen atoms in total. The van der Waals surface area contributed by atoms with Crippen LogP contribution in [-0.4, -0.2) is 27.1 Å². The summed E-state index contributed by atoms with van der Waals surface area (Å²) in [6.07, 6.45) is 0. The van der Waals surface area contributed by atoms with E-state index >= 15 is 0 Å². The first-order valence-electron chi connectivity index (χ1n) is 3.48. The lowest BCUT2D eigenvalue weighted by molar-refractivity contribution is -0.0525. The van der Waals surface area contributed by atoms with E-state index in [9.17, 15) is 21.6 Å². The number of nitrogens with zero attached hydrogens (tertiary/aromatic N) is 1. The Balaban J connectivity index is 2.94. The van der Waals surface area contributed by atoms with Crippen LogP contribution in [0.1, 0.15) is 0 Å². The molecular formula is C6H4F3NO4S. The molecule has 1 rings (SSSR count). The van der Waals surface area contributed by atoms with Gasteiger partial charge in [0.15, 0.2) is 5.76 Å². The highest BCUT2D eigenvalue weighted by Crippen LogP contribution is 2.28. The van der Waals surface area contributed by atoms with Crippen molar-refractivity contribution in [3.05, 3.63) is 11.3 Å². The summed E-state index contributed by atoms with van der Waals surface area (Å²) in [6.45, 7) is -0.711. The Hall–Kier alpha value is -1.27. The topological polar surface area (TPSA) is 76.4 Å². The SMILES string of the molecule is N#CC1=C(OS(=O)(=O)C(F)(F)F)COC1. The molecule has 9 heteroatoms. The normalized spacial score (nSPS) is 17.7. The van der Waals surface area contributed by atoms with Crippen molar-refractivity contribution >= 4 is 10.1 Å². The second kappa shape index (κ2) is 3.71. The highest BCUT2D eigenvalue weighted by atomic mass is 32.2. The fourth-order valence-corrected chi connectivity index (χ4v) is 1.27. The molecule has 0 spiro atoms. The third-order valence-electron chi connectivity index (χ3n) is 1.44. The first-order valence-corrected chi connectivity index (χ1v) is 4.89. The molecule has 0 fully saturated rings. The fraction of sp³-hybridized carbons (Fsp3) is 0.500. The minimum absolute atomic E-state index is 0.251. The number of hydrogen-bond acceptors (Lipinski definition) is 5. The van der Waals surface area contributed by atoms with Crippen LogP contribution in [0.3, 0.4) is 0 Å². The van der Waals surface area contributed by atoms with E-state index in [1.165, 1.54) is 6.07 Å². The highest BCUT2D eigenvalue weighted by Gasteiger charge is 2.49. The molecule has 1 heterocycles. The maximum Gasteiger partial charge on any atom is 0.534 e. The molecule has 1 aliphatic rings. The number of nitriles is 1. The molecule has 0 aromatic carbocycles. The minimum Gasteiger partial charge on any atom is -0.377 e. The van der Waals surface area contributed by atoms with Gasteiger partial charge in [0, 0.05) is 0 Å². The van der Waals surface area contributed by atoms with Crippen molar-refractivity contribution in [2.45, 2.75) is 5.51 Å². The van der Waals surface area contributed by atoms with Crippen LogP contribution < -0.4 is 0 Å². The van der Waals surface area contributed by atoms with E-state index in [-0.39, 0.29) is 12.2 Å². The Bertz CT molecular complexity index is 430. The summed E-state index contributed by atoms with van der Waals surface area (Å²) in [5.41, 5.74) is -5.77. The number of rotatable bonds is 2. The van der Waals surface area contributed by atoms with E-state index < -0.39 is 28.0 Å². The molecule has 0 aromatic heterocycles. The van der Waals surface area contributed by atoms with Crippen LogP contribution in [0.2, 0.25) is 0 Å². The summed E-state index contributed by atoms with van der Waals surface area (Å²) in [6, 6.07) is 1.49. The number of alkyl halides is 3. The Labute approximate surface area is 82.8 Å². The predicted molar refractivity (Wildman–Crippen MR) is 39.5 cm³/mol. The van der Waals surface area contributed by atoms with E-state index in [0.717, 1.165) is 0 Å². The van der Waals surface area contributed by atoms with Gasteiger partial charge in [0.25, 0.3) is 0 Å². The van der Waals surface area contributed by atoms with Gasteiger partial charge in [-0.05, 0) is 0 Å². The Kier molecular flexibility index (Phi) is 2.92. The minimum atomic E-state index is -5.71. The predicted octanol–water partition coefficient (Wildman–Crippen LogP) is 0.660. The summed E-state index contributed by atoms with van der Waals surface area (Å²) in [4.78, 5) is 0. The van der Waals surface area contributed by atoms with Crippen molar-refractivity contribution in [1.82, 2.24) is 0 Å². The van der Waals surface area contributed by atoms with E-state index in [2.05, 4.69) is 8.92 Å². The van der Waals surface area contributed by atoms with Gasteiger partial charge in [0.05, 0.1) is 12.2 Å². The highest BCUT2D eigenvalue weighted by molar-refractivity contribution is 7.87. The van der Waals surface area contributed by atoms with Gasteiger partial charge in [-0.2, -0.15) is 26.9 Å². The number of ether oxygens (including phenoxy) is 1. The largest absolute Gasteiger partial charge is 0.534 e. The average Bonchev–Trinajstić information content (AvgIpc) is 2.48. The van der Waals surface area contributed by atoms with Crippen molar-refractivity contribution in [2.75, 3.05) is 13.2 Å². The zero-order chi connectivity index (χ0) is 11.7. The standard InChI is InChI=1S/C6H4F3NO4S/c7-6(8,9)15(11,12)14-5-3-13-2-4(5)1-10/h2-3H2. The van der Waals surface area contributed by atoms with Gasteiger partial charge < -0.3 is 8.92 Å². The van der Waals surface area contributed by atoms with E-state index in [0.29, 0.717) is 0 Å². The van der Waals surface area contributed by atoms with Crippen LogP contribution in [0.5, 0.6) is 0 Å². The quantitative estimate of drug-likeness (QED) is 0.526.